The Balaban J connectivity index is 2.00. The van der Waals surface area contributed by atoms with Gasteiger partial charge in [-0.25, -0.2) is 9.78 Å². The second kappa shape index (κ2) is 6.85. The van der Waals surface area contributed by atoms with Crippen LogP contribution in [0, 0.1) is 0 Å². The number of rotatable bonds is 5. The summed E-state index contributed by atoms with van der Waals surface area (Å²) in [5, 5.41) is 13.2. The fraction of sp³-hybridized carbons (Fsp3) is 0.182. The van der Waals surface area contributed by atoms with Crippen LogP contribution in [0.25, 0.3) is 32.6 Å². The van der Waals surface area contributed by atoms with Gasteiger partial charge in [0, 0.05) is 11.9 Å². The minimum Gasteiger partial charge on any atom is -0.492 e. The Morgan fingerprint density at radius 3 is 2.48 bits per heavy atom. The van der Waals surface area contributed by atoms with E-state index in [0.29, 0.717) is 34.2 Å². The number of carbonyl (C=O) groups is 1. The predicted molar refractivity (Wildman–Crippen MR) is 108 cm³/mol. The van der Waals surface area contributed by atoms with Gasteiger partial charge in [0.15, 0.2) is 0 Å². The molecule has 1 heterocycles. The van der Waals surface area contributed by atoms with E-state index < -0.39 is 5.97 Å². The average molecular weight is 360 g/mol. The van der Waals surface area contributed by atoms with Gasteiger partial charge in [0.1, 0.15) is 12.4 Å². The number of hydrogen-bond donors (Lipinski definition) is 1. The minimum atomic E-state index is -0.980. The molecule has 0 radical (unpaired) electrons. The number of pyridine rings is 1. The molecule has 0 aliphatic carbocycles. The molecule has 0 aliphatic rings. The second-order valence-corrected chi connectivity index (χ2v) is 6.81. The van der Waals surface area contributed by atoms with Gasteiger partial charge in [-0.15, -0.1) is 0 Å². The standard InChI is InChI=1S/C22H20N2O3/c1-24(2)10-11-27-19-9-5-8-17-21(19)20(22(25)26)16-12-14-6-3-4-7-15(14)13-18(16)23-17/h3-9,12-13H,10-11H2,1-2H3,(H,25,26). The SMILES string of the molecule is CN(C)CCOc1cccc2nc3cc4ccccc4cc3c(C(=O)O)c12. The van der Waals surface area contributed by atoms with E-state index in [-0.39, 0.29) is 5.56 Å². The predicted octanol–water partition coefficient (Wildman–Crippen LogP) is 4.18. The molecule has 27 heavy (non-hydrogen) atoms. The van der Waals surface area contributed by atoms with E-state index in [0.717, 1.165) is 17.3 Å². The molecule has 0 saturated carbocycles. The summed E-state index contributed by atoms with van der Waals surface area (Å²) in [5.41, 5.74) is 1.53. The number of aromatic carboxylic acids is 1. The molecule has 4 rings (SSSR count). The lowest BCUT2D eigenvalue weighted by molar-refractivity contribution is 0.0700. The number of likely N-dealkylation sites (N-methyl/N-ethyl adjacent to an activating group) is 1. The Morgan fingerprint density at radius 1 is 1.04 bits per heavy atom. The van der Waals surface area contributed by atoms with E-state index in [4.69, 9.17) is 9.72 Å². The Bertz CT molecular complexity index is 1170. The zero-order valence-corrected chi connectivity index (χ0v) is 15.3. The van der Waals surface area contributed by atoms with Gasteiger partial charge in [0.2, 0.25) is 0 Å². The number of aromatic nitrogens is 1. The highest BCUT2D eigenvalue weighted by atomic mass is 16.5. The molecule has 1 N–H and O–H groups in total. The van der Waals surface area contributed by atoms with Gasteiger partial charge in [-0.1, -0.05) is 30.3 Å². The van der Waals surface area contributed by atoms with Crippen LogP contribution in [0.4, 0.5) is 0 Å². The summed E-state index contributed by atoms with van der Waals surface area (Å²) in [6, 6.07) is 17.2. The van der Waals surface area contributed by atoms with Crippen molar-refractivity contribution in [2.24, 2.45) is 0 Å². The third-order valence-electron chi connectivity index (χ3n) is 4.64. The summed E-state index contributed by atoms with van der Waals surface area (Å²) in [6.07, 6.45) is 0. The Labute approximate surface area is 156 Å². The summed E-state index contributed by atoms with van der Waals surface area (Å²) in [5.74, 6) is -0.430. The number of hydrogen-bond acceptors (Lipinski definition) is 4. The van der Waals surface area contributed by atoms with Crippen LogP contribution in [0.2, 0.25) is 0 Å². The first-order valence-corrected chi connectivity index (χ1v) is 8.80. The van der Waals surface area contributed by atoms with Gasteiger partial charge in [0.25, 0.3) is 0 Å². The van der Waals surface area contributed by atoms with E-state index in [1.54, 1.807) is 6.07 Å². The number of fused-ring (bicyclic) bond motifs is 3. The molecule has 0 fully saturated rings. The molecule has 3 aromatic carbocycles. The van der Waals surface area contributed by atoms with Crippen LogP contribution in [-0.4, -0.2) is 48.2 Å². The second-order valence-electron chi connectivity index (χ2n) is 6.81. The van der Waals surface area contributed by atoms with Crippen molar-refractivity contribution in [1.82, 2.24) is 9.88 Å². The van der Waals surface area contributed by atoms with Crippen molar-refractivity contribution in [2.75, 3.05) is 27.2 Å². The summed E-state index contributed by atoms with van der Waals surface area (Å²) in [4.78, 5) is 18.9. The van der Waals surface area contributed by atoms with Crippen LogP contribution < -0.4 is 4.74 Å². The quantitative estimate of drug-likeness (QED) is 0.541. The van der Waals surface area contributed by atoms with Gasteiger partial charge in [0.05, 0.1) is 22.0 Å². The van der Waals surface area contributed by atoms with Crippen molar-refractivity contribution in [3.05, 3.63) is 60.2 Å². The Hall–Kier alpha value is -3.18. The van der Waals surface area contributed by atoms with E-state index in [2.05, 4.69) is 0 Å². The lowest BCUT2D eigenvalue weighted by Crippen LogP contribution is -2.19. The van der Waals surface area contributed by atoms with Crippen molar-refractivity contribution in [3.8, 4) is 5.75 Å². The zero-order valence-electron chi connectivity index (χ0n) is 15.3. The maximum atomic E-state index is 12.2. The molecule has 0 unspecified atom stereocenters. The fourth-order valence-corrected chi connectivity index (χ4v) is 3.33. The maximum Gasteiger partial charge on any atom is 0.337 e. The Kier molecular flexibility index (Phi) is 4.38. The fourth-order valence-electron chi connectivity index (χ4n) is 3.33. The molecule has 0 atom stereocenters. The topological polar surface area (TPSA) is 62.7 Å². The van der Waals surface area contributed by atoms with Crippen LogP contribution in [0.5, 0.6) is 5.75 Å². The summed E-state index contributed by atoms with van der Waals surface area (Å²) in [7, 11) is 3.94. The first-order chi connectivity index (χ1) is 13.0. The van der Waals surface area contributed by atoms with Crippen molar-refractivity contribution < 1.29 is 14.6 Å². The summed E-state index contributed by atoms with van der Waals surface area (Å²) < 4.78 is 5.91. The van der Waals surface area contributed by atoms with Crippen LogP contribution in [0.3, 0.4) is 0 Å². The van der Waals surface area contributed by atoms with Crippen LogP contribution in [0.1, 0.15) is 10.4 Å². The van der Waals surface area contributed by atoms with Gasteiger partial charge < -0.3 is 14.7 Å². The molecule has 5 heteroatoms. The number of carboxylic acids is 1. The normalized spacial score (nSPS) is 11.5. The summed E-state index contributed by atoms with van der Waals surface area (Å²) >= 11 is 0. The molecule has 1 aromatic heterocycles. The van der Waals surface area contributed by atoms with Crippen molar-refractivity contribution in [1.29, 1.82) is 0 Å². The number of ether oxygens (including phenoxy) is 1. The molecule has 0 spiro atoms. The van der Waals surface area contributed by atoms with Crippen LogP contribution >= 0.6 is 0 Å². The lowest BCUT2D eigenvalue weighted by atomic mass is 9.99. The van der Waals surface area contributed by atoms with E-state index in [1.165, 1.54) is 0 Å². The number of benzene rings is 3. The monoisotopic (exact) mass is 360 g/mol. The van der Waals surface area contributed by atoms with Gasteiger partial charge in [-0.05, 0) is 49.1 Å². The smallest absolute Gasteiger partial charge is 0.337 e. The van der Waals surface area contributed by atoms with Crippen LogP contribution in [0.15, 0.2) is 54.6 Å². The van der Waals surface area contributed by atoms with E-state index >= 15 is 0 Å². The minimum absolute atomic E-state index is 0.237. The number of nitrogens with zero attached hydrogens (tertiary/aromatic N) is 2. The van der Waals surface area contributed by atoms with Crippen molar-refractivity contribution in [3.63, 3.8) is 0 Å². The highest BCUT2D eigenvalue weighted by molar-refractivity contribution is 6.17. The van der Waals surface area contributed by atoms with Crippen molar-refractivity contribution in [2.45, 2.75) is 0 Å². The molecule has 5 nitrogen and oxygen atoms in total. The largest absolute Gasteiger partial charge is 0.492 e. The third kappa shape index (κ3) is 3.17. The van der Waals surface area contributed by atoms with Crippen molar-refractivity contribution >= 4 is 38.5 Å². The molecule has 4 aromatic rings. The Morgan fingerprint density at radius 2 is 1.78 bits per heavy atom. The maximum absolute atomic E-state index is 12.2. The highest BCUT2D eigenvalue weighted by Crippen LogP contribution is 2.34. The van der Waals surface area contributed by atoms with E-state index in [1.807, 2.05) is 67.5 Å². The van der Waals surface area contributed by atoms with Gasteiger partial charge in [-0.2, -0.15) is 0 Å². The van der Waals surface area contributed by atoms with Gasteiger partial charge in [-0.3, -0.25) is 0 Å². The lowest BCUT2D eigenvalue weighted by Gasteiger charge is -2.15. The first kappa shape index (κ1) is 17.2. The molecule has 0 aliphatic heterocycles. The number of carboxylic acid groups (broad SMARTS) is 1. The third-order valence-corrected chi connectivity index (χ3v) is 4.64. The molecule has 0 saturated heterocycles. The first-order valence-electron chi connectivity index (χ1n) is 8.80. The molecular formula is C22H20N2O3. The molecule has 0 amide bonds. The van der Waals surface area contributed by atoms with Crippen LogP contribution in [-0.2, 0) is 0 Å². The molecule has 0 bridgehead atoms. The van der Waals surface area contributed by atoms with Gasteiger partial charge >= 0.3 is 5.97 Å². The average Bonchev–Trinajstić information content (AvgIpc) is 2.64. The molecule has 136 valence electrons. The highest BCUT2D eigenvalue weighted by Gasteiger charge is 2.19. The molecular weight excluding hydrogens is 340 g/mol. The van der Waals surface area contributed by atoms with E-state index in [9.17, 15) is 9.90 Å². The summed E-state index contributed by atoms with van der Waals surface area (Å²) in [6.45, 7) is 1.21. The zero-order chi connectivity index (χ0) is 19.0.